The SMILES string of the molecule is CC(NC(=O)c1cc(N)ccc1N(C)C)C1CCOC1. The summed E-state index contributed by atoms with van der Waals surface area (Å²) >= 11 is 0. The number of nitrogens with two attached hydrogens (primary N) is 1. The Morgan fingerprint density at radius 3 is 2.85 bits per heavy atom. The summed E-state index contributed by atoms with van der Waals surface area (Å²) in [7, 11) is 3.83. The normalized spacial score (nSPS) is 19.6. The number of ether oxygens (including phenoxy) is 1. The molecule has 3 N–H and O–H groups in total. The van der Waals surface area contributed by atoms with Crippen molar-refractivity contribution in [3.63, 3.8) is 0 Å². The second kappa shape index (κ2) is 6.13. The molecule has 1 aromatic rings. The van der Waals surface area contributed by atoms with Crippen LogP contribution in [0.15, 0.2) is 18.2 Å². The molecule has 1 saturated heterocycles. The van der Waals surface area contributed by atoms with Crippen molar-refractivity contribution in [1.82, 2.24) is 5.32 Å². The molecular formula is C15H23N3O2. The lowest BCUT2D eigenvalue weighted by molar-refractivity contribution is 0.0923. The lowest BCUT2D eigenvalue weighted by Crippen LogP contribution is -2.38. The van der Waals surface area contributed by atoms with E-state index in [1.807, 2.05) is 32.0 Å². The van der Waals surface area contributed by atoms with Gasteiger partial charge in [-0.2, -0.15) is 0 Å². The lowest BCUT2D eigenvalue weighted by Gasteiger charge is -2.22. The number of amides is 1. The van der Waals surface area contributed by atoms with E-state index in [1.54, 1.807) is 12.1 Å². The van der Waals surface area contributed by atoms with E-state index in [1.165, 1.54) is 0 Å². The second-order valence-corrected chi connectivity index (χ2v) is 5.56. The molecule has 0 radical (unpaired) electrons. The monoisotopic (exact) mass is 277 g/mol. The maximum absolute atomic E-state index is 12.5. The van der Waals surface area contributed by atoms with Gasteiger partial charge in [-0.25, -0.2) is 0 Å². The summed E-state index contributed by atoms with van der Waals surface area (Å²) in [4.78, 5) is 14.4. The molecule has 20 heavy (non-hydrogen) atoms. The zero-order valence-electron chi connectivity index (χ0n) is 12.3. The molecule has 2 atom stereocenters. The molecule has 1 heterocycles. The number of carbonyl (C=O) groups excluding carboxylic acids is 1. The van der Waals surface area contributed by atoms with Gasteiger partial charge in [0.1, 0.15) is 0 Å². The van der Waals surface area contributed by atoms with Gasteiger partial charge in [-0.1, -0.05) is 0 Å². The first-order valence-corrected chi connectivity index (χ1v) is 6.94. The van der Waals surface area contributed by atoms with E-state index in [-0.39, 0.29) is 11.9 Å². The third-order valence-corrected chi connectivity index (χ3v) is 3.78. The van der Waals surface area contributed by atoms with E-state index < -0.39 is 0 Å². The Labute approximate surface area is 120 Å². The highest BCUT2D eigenvalue weighted by Crippen LogP contribution is 2.22. The summed E-state index contributed by atoms with van der Waals surface area (Å²) < 4.78 is 5.37. The lowest BCUT2D eigenvalue weighted by atomic mass is 10.00. The molecule has 0 bridgehead atoms. The minimum absolute atomic E-state index is 0.0830. The smallest absolute Gasteiger partial charge is 0.253 e. The minimum Gasteiger partial charge on any atom is -0.399 e. The van der Waals surface area contributed by atoms with Gasteiger partial charge in [0.25, 0.3) is 5.91 Å². The quantitative estimate of drug-likeness (QED) is 0.818. The molecule has 0 aliphatic carbocycles. The van der Waals surface area contributed by atoms with Crippen LogP contribution in [0.1, 0.15) is 23.7 Å². The van der Waals surface area contributed by atoms with Crippen molar-refractivity contribution in [2.24, 2.45) is 5.92 Å². The number of hydrogen-bond donors (Lipinski definition) is 2. The molecular weight excluding hydrogens is 254 g/mol. The number of benzene rings is 1. The van der Waals surface area contributed by atoms with Crippen LogP contribution in [0.25, 0.3) is 0 Å². The van der Waals surface area contributed by atoms with Gasteiger partial charge in [-0.05, 0) is 31.5 Å². The van der Waals surface area contributed by atoms with Gasteiger partial charge in [0.2, 0.25) is 0 Å². The summed E-state index contributed by atoms with van der Waals surface area (Å²) in [6, 6.07) is 5.50. The minimum atomic E-state index is -0.0830. The van der Waals surface area contributed by atoms with Crippen molar-refractivity contribution >= 4 is 17.3 Å². The Bertz CT molecular complexity index is 482. The van der Waals surface area contributed by atoms with E-state index in [4.69, 9.17) is 10.5 Å². The van der Waals surface area contributed by atoms with Crippen molar-refractivity contribution in [1.29, 1.82) is 0 Å². The van der Waals surface area contributed by atoms with E-state index in [0.29, 0.717) is 17.2 Å². The molecule has 0 saturated carbocycles. The molecule has 0 aromatic heterocycles. The Morgan fingerprint density at radius 1 is 1.50 bits per heavy atom. The van der Waals surface area contributed by atoms with Crippen LogP contribution in [-0.2, 0) is 4.74 Å². The Balaban J connectivity index is 2.13. The molecule has 0 spiro atoms. The van der Waals surface area contributed by atoms with Gasteiger partial charge in [0, 0.05) is 44.0 Å². The Morgan fingerprint density at radius 2 is 2.25 bits per heavy atom. The van der Waals surface area contributed by atoms with Crippen LogP contribution < -0.4 is 16.0 Å². The number of nitrogens with one attached hydrogen (secondary N) is 1. The van der Waals surface area contributed by atoms with Gasteiger partial charge in [-0.3, -0.25) is 4.79 Å². The molecule has 1 aliphatic rings. The van der Waals surface area contributed by atoms with Gasteiger partial charge < -0.3 is 20.7 Å². The molecule has 1 aromatic carbocycles. The number of nitrogens with zero attached hydrogens (tertiary/aromatic N) is 1. The topological polar surface area (TPSA) is 67.6 Å². The highest BCUT2D eigenvalue weighted by Gasteiger charge is 2.24. The molecule has 2 unspecified atom stereocenters. The number of nitrogen functional groups attached to an aromatic ring is 1. The molecule has 5 heteroatoms. The highest BCUT2D eigenvalue weighted by atomic mass is 16.5. The van der Waals surface area contributed by atoms with Crippen LogP contribution in [0.4, 0.5) is 11.4 Å². The van der Waals surface area contributed by atoms with Crippen molar-refractivity contribution < 1.29 is 9.53 Å². The molecule has 1 aliphatic heterocycles. The van der Waals surface area contributed by atoms with Crippen molar-refractivity contribution in [2.75, 3.05) is 37.9 Å². The molecule has 1 amide bonds. The van der Waals surface area contributed by atoms with Crippen molar-refractivity contribution in [3.05, 3.63) is 23.8 Å². The van der Waals surface area contributed by atoms with E-state index in [2.05, 4.69) is 5.32 Å². The Kier molecular flexibility index (Phi) is 4.49. The van der Waals surface area contributed by atoms with Gasteiger partial charge in [-0.15, -0.1) is 0 Å². The van der Waals surface area contributed by atoms with Crippen LogP contribution in [0.5, 0.6) is 0 Å². The maximum atomic E-state index is 12.5. The Hall–Kier alpha value is -1.75. The van der Waals surface area contributed by atoms with Gasteiger partial charge in [0.15, 0.2) is 0 Å². The fourth-order valence-electron chi connectivity index (χ4n) is 2.47. The number of hydrogen-bond acceptors (Lipinski definition) is 4. The van der Waals surface area contributed by atoms with E-state index >= 15 is 0 Å². The largest absolute Gasteiger partial charge is 0.399 e. The van der Waals surface area contributed by atoms with Crippen LogP contribution in [0, 0.1) is 5.92 Å². The second-order valence-electron chi connectivity index (χ2n) is 5.56. The zero-order chi connectivity index (χ0) is 14.7. The summed E-state index contributed by atoms with van der Waals surface area (Å²) in [5, 5.41) is 3.06. The third kappa shape index (κ3) is 3.22. The van der Waals surface area contributed by atoms with Crippen LogP contribution in [0.3, 0.4) is 0 Å². The fourth-order valence-corrected chi connectivity index (χ4v) is 2.47. The summed E-state index contributed by atoms with van der Waals surface area (Å²) in [6.07, 6.45) is 0.999. The van der Waals surface area contributed by atoms with Crippen LogP contribution in [0.2, 0.25) is 0 Å². The number of rotatable bonds is 4. The molecule has 5 nitrogen and oxygen atoms in total. The number of anilines is 2. The maximum Gasteiger partial charge on any atom is 0.253 e. The summed E-state index contributed by atoms with van der Waals surface area (Å²) in [5.74, 6) is 0.309. The predicted octanol–water partition coefficient (Wildman–Crippen LogP) is 1.49. The molecule has 110 valence electrons. The standard InChI is InChI=1S/C15H23N3O2/c1-10(11-6-7-20-9-11)17-15(19)13-8-12(16)4-5-14(13)18(2)3/h4-5,8,10-11H,6-7,9,16H2,1-3H3,(H,17,19). The van der Waals surface area contributed by atoms with Crippen molar-refractivity contribution in [2.45, 2.75) is 19.4 Å². The van der Waals surface area contributed by atoms with Crippen molar-refractivity contribution in [3.8, 4) is 0 Å². The molecule has 1 fully saturated rings. The van der Waals surface area contributed by atoms with Crippen LogP contribution in [-0.4, -0.2) is 39.3 Å². The summed E-state index contributed by atoms with van der Waals surface area (Å²) in [6.45, 7) is 3.53. The first kappa shape index (κ1) is 14.7. The predicted molar refractivity (Wildman–Crippen MR) is 81.0 cm³/mol. The number of carbonyl (C=O) groups is 1. The van der Waals surface area contributed by atoms with E-state index in [0.717, 1.165) is 25.3 Å². The van der Waals surface area contributed by atoms with Gasteiger partial charge >= 0.3 is 0 Å². The van der Waals surface area contributed by atoms with E-state index in [9.17, 15) is 4.79 Å². The highest BCUT2D eigenvalue weighted by molar-refractivity contribution is 6.00. The average molecular weight is 277 g/mol. The van der Waals surface area contributed by atoms with Gasteiger partial charge in [0.05, 0.1) is 12.2 Å². The fraction of sp³-hybridized carbons (Fsp3) is 0.533. The summed E-state index contributed by atoms with van der Waals surface area (Å²) in [5.41, 5.74) is 7.87. The zero-order valence-corrected chi connectivity index (χ0v) is 12.3. The average Bonchev–Trinajstić information content (AvgIpc) is 2.92. The molecule has 2 rings (SSSR count). The first-order chi connectivity index (χ1) is 9.49. The third-order valence-electron chi connectivity index (χ3n) is 3.78. The first-order valence-electron chi connectivity index (χ1n) is 6.94. The van der Waals surface area contributed by atoms with Crippen LogP contribution >= 0.6 is 0 Å².